The molecule has 0 saturated carbocycles. The number of piperidine rings is 5. The Morgan fingerprint density at radius 2 is 1.20 bits per heavy atom. The average Bonchev–Trinajstić information content (AvgIpc) is 2.89. The van der Waals surface area contributed by atoms with Crippen LogP contribution in [0.1, 0.15) is 65.7 Å². The van der Waals surface area contributed by atoms with Crippen molar-refractivity contribution in [2.24, 2.45) is 5.92 Å². The quantitative estimate of drug-likeness (QED) is 0.329. The Labute approximate surface area is 255 Å². The molecule has 216 valence electrons. The molecule has 5 saturated heterocycles. The van der Waals surface area contributed by atoms with Crippen LogP contribution in [0.5, 0.6) is 0 Å². The topological polar surface area (TPSA) is 59.1 Å². The van der Waals surface area contributed by atoms with Crippen molar-refractivity contribution in [3.63, 3.8) is 0 Å². The average molecular weight is 628 g/mol. The lowest BCUT2D eigenvalue weighted by Gasteiger charge is -2.46. The van der Waals surface area contributed by atoms with Gasteiger partial charge in [-0.1, -0.05) is 52.8 Å². The van der Waals surface area contributed by atoms with E-state index in [0.29, 0.717) is 49.2 Å². The number of hydrogen-bond acceptors (Lipinski definition) is 6. The monoisotopic (exact) mass is 626 g/mol. The summed E-state index contributed by atoms with van der Waals surface area (Å²) >= 11 is 23.7. The maximum Gasteiger partial charge on any atom is 0.338 e. The minimum absolute atomic E-state index is 0.00163. The first-order valence-electron chi connectivity index (χ1n) is 13.9. The van der Waals surface area contributed by atoms with E-state index in [0.717, 1.165) is 45.3 Å². The second kappa shape index (κ2) is 13.2. The van der Waals surface area contributed by atoms with E-state index in [1.165, 1.54) is 19.3 Å². The Morgan fingerprint density at radius 3 is 1.65 bits per heavy atom. The van der Waals surface area contributed by atoms with Crippen molar-refractivity contribution in [3.8, 4) is 0 Å². The molecule has 5 fully saturated rings. The van der Waals surface area contributed by atoms with Gasteiger partial charge in [0.2, 0.25) is 0 Å². The number of benzene rings is 2. The standard InChI is InChI=1S/C16H19Cl2NO2.C14H15Cl2NO2/c1-19-13-3-2-4-14(19)9-15(8-13)21-16(20)10-5-11(17)7-12(18)6-10;15-11-5-10(6-12(16)7-11)14(18)19-13-8-17-3-1-9(13)2-4-17/h5-7,13-15H,2-4,8-9H2,1H3;5-7,9,13H,1-4,8H2. The van der Waals surface area contributed by atoms with E-state index in [4.69, 9.17) is 55.9 Å². The number of hydrogen-bond donors (Lipinski definition) is 0. The summed E-state index contributed by atoms with van der Waals surface area (Å²) in [6.07, 6.45) is 7.77. The summed E-state index contributed by atoms with van der Waals surface area (Å²) in [5, 5.41) is 1.81. The largest absolute Gasteiger partial charge is 0.459 e. The molecule has 4 bridgehead atoms. The van der Waals surface area contributed by atoms with Crippen molar-refractivity contribution in [1.29, 1.82) is 0 Å². The van der Waals surface area contributed by atoms with Gasteiger partial charge in [-0.3, -0.25) is 4.90 Å². The van der Waals surface area contributed by atoms with E-state index >= 15 is 0 Å². The Kier molecular flexibility index (Phi) is 9.87. The molecule has 2 aromatic rings. The Bertz CT molecular complexity index is 1180. The molecule has 10 heteroatoms. The highest BCUT2D eigenvalue weighted by Gasteiger charge is 2.38. The molecule has 0 aliphatic carbocycles. The van der Waals surface area contributed by atoms with Crippen molar-refractivity contribution >= 4 is 58.3 Å². The van der Waals surface area contributed by atoms with Crippen molar-refractivity contribution in [2.45, 2.75) is 69.2 Å². The van der Waals surface area contributed by atoms with E-state index in [1.807, 2.05) is 0 Å². The fourth-order valence-electron chi connectivity index (χ4n) is 6.47. The molecule has 5 aliphatic heterocycles. The van der Waals surface area contributed by atoms with E-state index in [1.54, 1.807) is 36.4 Å². The second-order valence-corrected chi connectivity index (χ2v) is 13.0. The van der Waals surface area contributed by atoms with Crippen LogP contribution in [0.4, 0.5) is 0 Å². The first-order valence-corrected chi connectivity index (χ1v) is 15.4. The third kappa shape index (κ3) is 7.45. The van der Waals surface area contributed by atoms with Gasteiger partial charge in [0.15, 0.2) is 0 Å². The molecule has 2 aromatic carbocycles. The second-order valence-electron chi connectivity index (χ2n) is 11.3. The van der Waals surface area contributed by atoms with Gasteiger partial charge in [0.1, 0.15) is 12.2 Å². The van der Waals surface area contributed by atoms with E-state index < -0.39 is 0 Å². The van der Waals surface area contributed by atoms with Crippen LogP contribution < -0.4 is 0 Å². The SMILES string of the molecule is CN1C2CCCC1CC(OC(=O)c1cc(Cl)cc(Cl)c1)C2.O=C(OC1CN2CCC1CC2)c1cc(Cl)cc(Cl)c1. The fraction of sp³-hybridized carbons (Fsp3) is 0.533. The van der Waals surface area contributed by atoms with Crippen LogP contribution in [0.2, 0.25) is 20.1 Å². The lowest BCUT2D eigenvalue weighted by Crippen LogP contribution is -2.52. The van der Waals surface area contributed by atoms with E-state index in [2.05, 4.69) is 16.8 Å². The van der Waals surface area contributed by atoms with Gasteiger partial charge in [-0.05, 0) is 88.1 Å². The van der Waals surface area contributed by atoms with Crippen molar-refractivity contribution in [1.82, 2.24) is 9.80 Å². The molecular weight excluding hydrogens is 594 g/mol. The molecule has 0 aromatic heterocycles. The van der Waals surface area contributed by atoms with Gasteiger partial charge in [0, 0.05) is 51.6 Å². The lowest BCUT2D eigenvalue weighted by atomic mass is 9.83. The highest BCUT2D eigenvalue weighted by atomic mass is 35.5. The van der Waals surface area contributed by atoms with Crippen LogP contribution in [0.15, 0.2) is 36.4 Å². The maximum absolute atomic E-state index is 12.3. The number of fused-ring (bicyclic) bond motifs is 5. The van der Waals surface area contributed by atoms with Gasteiger partial charge >= 0.3 is 11.9 Å². The number of carbonyl (C=O) groups is 2. The normalized spacial score (nSPS) is 29.2. The number of nitrogens with zero attached hydrogens (tertiary/aromatic N) is 2. The number of esters is 2. The summed E-state index contributed by atoms with van der Waals surface area (Å²) in [5.41, 5.74) is 0.852. The Hall–Kier alpha value is -1.54. The van der Waals surface area contributed by atoms with Crippen LogP contribution in [0.25, 0.3) is 0 Å². The predicted molar refractivity (Wildman–Crippen MR) is 159 cm³/mol. The summed E-state index contributed by atoms with van der Waals surface area (Å²) in [6, 6.07) is 10.7. The Balaban J connectivity index is 0.000000162. The van der Waals surface area contributed by atoms with Crippen LogP contribution >= 0.6 is 46.4 Å². The third-order valence-corrected chi connectivity index (χ3v) is 9.49. The number of ether oxygens (including phenoxy) is 2. The molecule has 6 nitrogen and oxygen atoms in total. The van der Waals surface area contributed by atoms with Gasteiger partial charge in [-0.2, -0.15) is 0 Å². The smallest absolute Gasteiger partial charge is 0.338 e. The van der Waals surface area contributed by atoms with Gasteiger partial charge in [0.25, 0.3) is 0 Å². The summed E-state index contributed by atoms with van der Waals surface area (Å²) in [6.45, 7) is 3.11. The highest BCUT2D eigenvalue weighted by Crippen LogP contribution is 2.34. The van der Waals surface area contributed by atoms with Gasteiger partial charge in [-0.15, -0.1) is 0 Å². The summed E-state index contributed by atoms with van der Waals surface area (Å²) in [7, 11) is 2.18. The zero-order valence-corrected chi connectivity index (χ0v) is 25.5. The molecular formula is C30H34Cl4N2O4. The molecule has 5 heterocycles. The lowest BCUT2D eigenvalue weighted by molar-refractivity contribution is -0.0455. The van der Waals surface area contributed by atoms with Crippen molar-refractivity contribution < 1.29 is 19.1 Å². The van der Waals surface area contributed by atoms with Crippen LogP contribution in [-0.2, 0) is 9.47 Å². The molecule has 0 N–H and O–H groups in total. The maximum atomic E-state index is 12.3. The van der Waals surface area contributed by atoms with Gasteiger partial charge in [0.05, 0.1) is 11.1 Å². The molecule has 0 amide bonds. The Morgan fingerprint density at radius 1 is 0.725 bits per heavy atom. The van der Waals surface area contributed by atoms with Crippen molar-refractivity contribution in [3.05, 3.63) is 67.6 Å². The molecule has 5 aliphatic rings. The third-order valence-electron chi connectivity index (χ3n) is 8.62. The van der Waals surface area contributed by atoms with Crippen LogP contribution in [0, 0.1) is 5.92 Å². The van der Waals surface area contributed by atoms with E-state index in [9.17, 15) is 9.59 Å². The predicted octanol–water partition coefficient (Wildman–Crippen LogP) is 7.41. The van der Waals surface area contributed by atoms with E-state index in [-0.39, 0.29) is 24.1 Å². The van der Waals surface area contributed by atoms with Gasteiger partial charge < -0.3 is 14.4 Å². The fourth-order valence-corrected chi connectivity index (χ4v) is 7.53. The summed E-state index contributed by atoms with van der Waals surface area (Å²) in [4.78, 5) is 29.2. The van der Waals surface area contributed by atoms with Crippen LogP contribution in [0.3, 0.4) is 0 Å². The van der Waals surface area contributed by atoms with Crippen LogP contribution in [-0.4, -0.2) is 72.7 Å². The molecule has 7 rings (SSSR count). The number of halogens is 4. The summed E-state index contributed by atoms with van der Waals surface area (Å²) < 4.78 is 11.3. The molecule has 3 atom stereocenters. The molecule has 0 radical (unpaired) electrons. The highest BCUT2D eigenvalue weighted by molar-refractivity contribution is 6.35. The van der Waals surface area contributed by atoms with Crippen molar-refractivity contribution in [2.75, 3.05) is 26.7 Å². The molecule has 0 spiro atoms. The minimum Gasteiger partial charge on any atom is -0.459 e. The van der Waals surface area contributed by atoms with Gasteiger partial charge in [-0.25, -0.2) is 9.59 Å². The number of rotatable bonds is 4. The first kappa shape index (κ1) is 29.9. The zero-order chi connectivity index (χ0) is 28.4. The summed E-state index contributed by atoms with van der Waals surface area (Å²) in [5.74, 6) is -0.154. The zero-order valence-electron chi connectivity index (χ0n) is 22.5. The molecule has 3 unspecified atom stereocenters. The first-order chi connectivity index (χ1) is 19.1. The minimum atomic E-state index is -0.330. The molecule has 40 heavy (non-hydrogen) atoms. The number of carbonyl (C=O) groups excluding carboxylic acids is 2.